The van der Waals surface area contributed by atoms with Crippen molar-refractivity contribution in [3.63, 3.8) is 0 Å². The number of benzene rings is 1. The van der Waals surface area contributed by atoms with Crippen LogP contribution in [0.3, 0.4) is 0 Å². The van der Waals surface area contributed by atoms with E-state index in [2.05, 4.69) is 21.4 Å². The van der Waals surface area contributed by atoms with E-state index in [1.54, 1.807) is 0 Å². The fourth-order valence-electron chi connectivity index (χ4n) is 3.76. The van der Waals surface area contributed by atoms with Gasteiger partial charge in [0, 0.05) is 5.56 Å². The number of hydrazine groups is 1. The van der Waals surface area contributed by atoms with Gasteiger partial charge >= 0.3 is 0 Å². The highest BCUT2D eigenvalue weighted by Crippen LogP contribution is 2.60. The Labute approximate surface area is 119 Å². The molecule has 0 heterocycles. The van der Waals surface area contributed by atoms with Crippen LogP contribution < -0.4 is 11.3 Å². The molecule has 2 fully saturated rings. The van der Waals surface area contributed by atoms with Crippen molar-refractivity contribution in [1.29, 1.82) is 0 Å². The molecule has 3 unspecified atom stereocenters. The maximum absolute atomic E-state index is 14.2. The molecular formula is C14H17BrF2N2. The largest absolute Gasteiger partial charge is 0.271 e. The van der Waals surface area contributed by atoms with Crippen LogP contribution in [0.5, 0.6) is 0 Å². The van der Waals surface area contributed by atoms with E-state index in [0.717, 1.165) is 12.8 Å². The Morgan fingerprint density at radius 1 is 1.21 bits per heavy atom. The third kappa shape index (κ3) is 2.22. The summed E-state index contributed by atoms with van der Waals surface area (Å²) in [5, 5.41) is 0. The molecule has 3 rings (SSSR count). The first-order valence-electron chi connectivity index (χ1n) is 6.74. The first kappa shape index (κ1) is 13.5. The van der Waals surface area contributed by atoms with Crippen LogP contribution in [0.2, 0.25) is 0 Å². The molecule has 3 N–H and O–H groups in total. The van der Waals surface area contributed by atoms with Crippen molar-refractivity contribution in [3.8, 4) is 0 Å². The van der Waals surface area contributed by atoms with Crippen LogP contribution >= 0.6 is 15.9 Å². The van der Waals surface area contributed by atoms with E-state index in [1.807, 2.05) is 0 Å². The minimum Gasteiger partial charge on any atom is -0.271 e. The molecule has 1 aromatic rings. The summed E-state index contributed by atoms with van der Waals surface area (Å²) in [6, 6.07) is 2.26. The van der Waals surface area contributed by atoms with Gasteiger partial charge in [-0.25, -0.2) is 8.78 Å². The third-order valence-electron chi connectivity index (χ3n) is 4.68. The molecule has 19 heavy (non-hydrogen) atoms. The summed E-state index contributed by atoms with van der Waals surface area (Å²) < 4.78 is 28.4. The van der Waals surface area contributed by atoms with Gasteiger partial charge in [-0.2, -0.15) is 0 Å². The first-order chi connectivity index (χ1) is 9.15. The highest BCUT2D eigenvalue weighted by Gasteiger charge is 2.55. The third-order valence-corrected chi connectivity index (χ3v) is 5.29. The predicted molar refractivity (Wildman–Crippen MR) is 73.1 cm³/mol. The van der Waals surface area contributed by atoms with E-state index >= 15 is 0 Å². The van der Waals surface area contributed by atoms with Crippen molar-refractivity contribution in [3.05, 3.63) is 33.8 Å². The normalized spacial score (nSPS) is 30.8. The molecule has 0 radical (unpaired) electrons. The number of nitrogens with two attached hydrogens (primary N) is 1. The van der Waals surface area contributed by atoms with Crippen molar-refractivity contribution < 1.29 is 8.78 Å². The Kier molecular flexibility index (Phi) is 3.62. The smallest absolute Gasteiger partial charge is 0.145 e. The Bertz CT molecular complexity index is 483. The molecule has 2 aliphatic carbocycles. The van der Waals surface area contributed by atoms with Gasteiger partial charge in [0.1, 0.15) is 11.6 Å². The topological polar surface area (TPSA) is 38.0 Å². The molecule has 0 aliphatic heterocycles. The number of fused-ring (bicyclic) bond motifs is 1. The molecule has 0 amide bonds. The Morgan fingerprint density at radius 3 is 2.42 bits per heavy atom. The zero-order chi connectivity index (χ0) is 13.6. The Balaban J connectivity index is 1.93. The first-order valence-corrected chi connectivity index (χ1v) is 7.54. The number of nitrogens with one attached hydrogen (secondary N) is 1. The van der Waals surface area contributed by atoms with Crippen LogP contribution in [0.15, 0.2) is 16.6 Å². The van der Waals surface area contributed by atoms with Crippen LogP contribution in [0.1, 0.15) is 37.3 Å². The molecule has 0 bridgehead atoms. The maximum Gasteiger partial charge on any atom is 0.145 e. The minimum absolute atomic E-state index is 0.0799. The summed E-state index contributed by atoms with van der Waals surface area (Å²) in [5.41, 5.74) is 2.72. The van der Waals surface area contributed by atoms with Crippen molar-refractivity contribution in [1.82, 2.24) is 5.43 Å². The number of halogens is 3. The minimum atomic E-state index is -0.536. The van der Waals surface area contributed by atoms with E-state index in [9.17, 15) is 8.78 Å². The zero-order valence-corrected chi connectivity index (χ0v) is 12.1. The van der Waals surface area contributed by atoms with Crippen LogP contribution in [0, 0.1) is 29.4 Å². The lowest BCUT2D eigenvalue weighted by Gasteiger charge is -2.19. The number of hydrogen-bond acceptors (Lipinski definition) is 2. The molecule has 104 valence electrons. The fraction of sp³-hybridized carbons (Fsp3) is 0.571. The van der Waals surface area contributed by atoms with Crippen LogP contribution in [-0.2, 0) is 0 Å². The van der Waals surface area contributed by atoms with E-state index in [-0.39, 0.29) is 16.0 Å². The lowest BCUT2D eigenvalue weighted by Crippen LogP contribution is -2.32. The van der Waals surface area contributed by atoms with Crippen LogP contribution in [0.25, 0.3) is 0 Å². The Morgan fingerprint density at radius 2 is 1.84 bits per heavy atom. The van der Waals surface area contributed by atoms with Crippen molar-refractivity contribution in [2.45, 2.75) is 31.7 Å². The molecule has 0 saturated heterocycles. The molecule has 0 spiro atoms. The second-order valence-corrected chi connectivity index (χ2v) is 6.45. The molecule has 2 saturated carbocycles. The van der Waals surface area contributed by atoms with Gasteiger partial charge in [0.05, 0.1) is 10.5 Å². The van der Waals surface area contributed by atoms with E-state index < -0.39 is 17.7 Å². The number of rotatable bonds is 3. The van der Waals surface area contributed by atoms with Gasteiger partial charge < -0.3 is 0 Å². The van der Waals surface area contributed by atoms with Gasteiger partial charge in [0.25, 0.3) is 0 Å². The SMILES string of the molecule is NNC(c1c(F)ccc(Br)c1F)C1C2CCCCC21. The highest BCUT2D eigenvalue weighted by atomic mass is 79.9. The second-order valence-electron chi connectivity index (χ2n) is 5.59. The average Bonchev–Trinajstić information content (AvgIpc) is 3.13. The van der Waals surface area contributed by atoms with E-state index in [0.29, 0.717) is 11.8 Å². The summed E-state index contributed by atoms with van der Waals surface area (Å²) in [5.74, 6) is 5.95. The monoisotopic (exact) mass is 330 g/mol. The zero-order valence-electron chi connectivity index (χ0n) is 10.5. The lowest BCUT2D eigenvalue weighted by molar-refractivity contribution is 0.413. The average molecular weight is 331 g/mol. The molecule has 2 nitrogen and oxygen atoms in total. The second kappa shape index (κ2) is 5.11. The van der Waals surface area contributed by atoms with E-state index in [1.165, 1.54) is 25.0 Å². The van der Waals surface area contributed by atoms with Crippen molar-refractivity contribution in [2.24, 2.45) is 23.6 Å². The molecular weight excluding hydrogens is 314 g/mol. The van der Waals surface area contributed by atoms with Crippen LogP contribution in [-0.4, -0.2) is 0 Å². The molecule has 1 aromatic carbocycles. The lowest BCUT2D eigenvalue weighted by atomic mass is 9.99. The van der Waals surface area contributed by atoms with Gasteiger partial charge in [-0.1, -0.05) is 12.8 Å². The highest BCUT2D eigenvalue weighted by molar-refractivity contribution is 9.10. The van der Waals surface area contributed by atoms with Crippen LogP contribution in [0.4, 0.5) is 8.78 Å². The molecule has 0 aromatic heterocycles. The predicted octanol–water partition coefficient (Wildman–Crippen LogP) is 3.67. The summed E-state index contributed by atoms with van der Waals surface area (Å²) in [4.78, 5) is 0. The van der Waals surface area contributed by atoms with Crippen molar-refractivity contribution in [2.75, 3.05) is 0 Å². The van der Waals surface area contributed by atoms with Crippen molar-refractivity contribution >= 4 is 15.9 Å². The van der Waals surface area contributed by atoms with E-state index in [4.69, 9.17) is 5.84 Å². The van der Waals surface area contributed by atoms with Gasteiger partial charge in [0.2, 0.25) is 0 Å². The maximum atomic E-state index is 14.2. The number of hydrogen-bond donors (Lipinski definition) is 2. The summed E-state index contributed by atoms with van der Waals surface area (Å²) in [6.07, 6.45) is 4.76. The molecule has 2 aliphatic rings. The molecule has 5 heteroatoms. The molecule has 3 atom stereocenters. The fourth-order valence-corrected chi connectivity index (χ4v) is 4.10. The van der Waals surface area contributed by atoms with Gasteiger partial charge in [-0.3, -0.25) is 11.3 Å². The quantitative estimate of drug-likeness (QED) is 0.504. The standard InChI is InChI=1S/C14H17BrF2N2/c15-9-5-6-10(16)12(13(9)17)14(19-18)11-7-3-1-2-4-8(7)11/h5-8,11,14,19H,1-4,18H2. The summed E-state index contributed by atoms with van der Waals surface area (Å²) in [7, 11) is 0. The summed E-state index contributed by atoms with van der Waals surface area (Å²) >= 11 is 3.11. The summed E-state index contributed by atoms with van der Waals surface area (Å²) in [6.45, 7) is 0. The Hall–Kier alpha value is -0.520. The van der Waals surface area contributed by atoms with Gasteiger partial charge in [0.15, 0.2) is 0 Å². The van der Waals surface area contributed by atoms with Gasteiger partial charge in [-0.05, 0) is 58.7 Å². The van der Waals surface area contributed by atoms with Gasteiger partial charge in [-0.15, -0.1) is 0 Å².